The molecule has 0 aliphatic heterocycles. The molecule has 25 heavy (non-hydrogen) atoms. The van der Waals surface area contributed by atoms with Gasteiger partial charge in [-0.2, -0.15) is 0 Å². The number of ether oxygens (including phenoxy) is 4. The number of hydrogen-bond acceptors (Lipinski definition) is 5. The van der Waals surface area contributed by atoms with Gasteiger partial charge in [0.1, 0.15) is 17.3 Å². The average molecular weight is 346 g/mol. The molecule has 132 valence electrons. The highest BCUT2D eigenvalue weighted by molar-refractivity contribution is 6.07. The van der Waals surface area contributed by atoms with Crippen LogP contribution >= 0.6 is 0 Å². The molecule has 0 fully saturated rings. The molecule has 2 aromatic rings. The van der Waals surface area contributed by atoms with Gasteiger partial charge < -0.3 is 18.9 Å². The first kappa shape index (κ1) is 18.3. The SMILES string of the molecule is COc1ccc(C(=O)/C=C/c2cc(OC)c(OC)cc2OC)c(F)c1. The van der Waals surface area contributed by atoms with E-state index >= 15 is 0 Å². The Bertz CT molecular complexity index is 799. The molecule has 0 bridgehead atoms. The van der Waals surface area contributed by atoms with Gasteiger partial charge in [0.2, 0.25) is 0 Å². The lowest BCUT2D eigenvalue weighted by Gasteiger charge is -2.12. The van der Waals surface area contributed by atoms with Crippen LogP contribution in [0.15, 0.2) is 36.4 Å². The Kier molecular flexibility index (Phi) is 6.00. The summed E-state index contributed by atoms with van der Waals surface area (Å²) in [6.45, 7) is 0. The maximum atomic E-state index is 14.0. The lowest BCUT2D eigenvalue weighted by molar-refractivity contribution is 0.104. The molecule has 5 nitrogen and oxygen atoms in total. The molecule has 0 heterocycles. The van der Waals surface area contributed by atoms with Crippen molar-refractivity contribution in [3.8, 4) is 23.0 Å². The van der Waals surface area contributed by atoms with E-state index in [1.807, 2.05) is 0 Å². The second-order valence-corrected chi connectivity index (χ2v) is 4.99. The van der Waals surface area contributed by atoms with Crippen molar-refractivity contribution in [3.63, 3.8) is 0 Å². The third kappa shape index (κ3) is 4.09. The molecule has 0 N–H and O–H groups in total. The quantitative estimate of drug-likeness (QED) is 0.564. The van der Waals surface area contributed by atoms with Crippen molar-refractivity contribution in [1.29, 1.82) is 0 Å². The predicted molar refractivity (Wildman–Crippen MR) is 92.4 cm³/mol. The van der Waals surface area contributed by atoms with E-state index in [9.17, 15) is 9.18 Å². The Morgan fingerprint density at radius 2 is 1.52 bits per heavy atom. The van der Waals surface area contributed by atoms with Crippen LogP contribution in [0, 0.1) is 5.82 Å². The topological polar surface area (TPSA) is 54.0 Å². The molecule has 0 saturated heterocycles. The lowest BCUT2D eigenvalue weighted by atomic mass is 10.1. The minimum absolute atomic E-state index is 0.0449. The summed E-state index contributed by atoms with van der Waals surface area (Å²) in [6.07, 6.45) is 2.81. The summed E-state index contributed by atoms with van der Waals surface area (Å²) in [5.41, 5.74) is 0.555. The van der Waals surface area contributed by atoms with Crippen molar-refractivity contribution < 1.29 is 28.1 Å². The lowest BCUT2D eigenvalue weighted by Crippen LogP contribution is -1.99. The molecule has 0 aliphatic rings. The fourth-order valence-corrected chi connectivity index (χ4v) is 2.26. The van der Waals surface area contributed by atoms with Crippen LogP contribution in [-0.4, -0.2) is 34.2 Å². The zero-order valence-electron chi connectivity index (χ0n) is 14.5. The van der Waals surface area contributed by atoms with Crippen LogP contribution in [0.3, 0.4) is 0 Å². The van der Waals surface area contributed by atoms with Gasteiger partial charge in [-0.25, -0.2) is 4.39 Å². The number of carbonyl (C=O) groups excluding carboxylic acids is 1. The molecule has 2 rings (SSSR count). The summed E-state index contributed by atoms with van der Waals surface area (Å²) >= 11 is 0. The van der Waals surface area contributed by atoms with E-state index in [0.29, 0.717) is 28.6 Å². The second kappa shape index (κ2) is 8.19. The van der Waals surface area contributed by atoms with Gasteiger partial charge in [0, 0.05) is 17.7 Å². The molecule has 6 heteroatoms. The summed E-state index contributed by atoms with van der Waals surface area (Å²) < 4.78 is 34.6. The van der Waals surface area contributed by atoms with Crippen molar-refractivity contribution in [1.82, 2.24) is 0 Å². The van der Waals surface area contributed by atoms with Gasteiger partial charge in [-0.15, -0.1) is 0 Å². The molecule has 0 aromatic heterocycles. The Labute approximate surface area is 145 Å². The van der Waals surface area contributed by atoms with Crippen LogP contribution in [0.1, 0.15) is 15.9 Å². The number of carbonyl (C=O) groups is 1. The fourth-order valence-electron chi connectivity index (χ4n) is 2.26. The Balaban J connectivity index is 2.33. The van der Waals surface area contributed by atoms with Gasteiger partial charge in [0.05, 0.1) is 34.0 Å². The number of rotatable bonds is 7. The van der Waals surface area contributed by atoms with Crippen LogP contribution in [-0.2, 0) is 0 Å². The van der Waals surface area contributed by atoms with Gasteiger partial charge in [-0.1, -0.05) is 0 Å². The van der Waals surface area contributed by atoms with E-state index in [1.165, 1.54) is 52.7 Å². The van der Waals surface area contributed by atoms with Crippen molar-refractivity contribution in [3.05, 3.63) is 53.4 Å². The Hall–Kier alpha value is -3.02. The summed E-state index contributed by atoms with van der Waals surface area (Å²) in [7, 11) is 5.96. The molecule has 0 saturated carbocycles. The normalized spacial score (nSPS) is 10.6. The smallest absolute Gasteiger partial charge is 0.188 e. The number of halogens is 1. The first-order valence-corrected chi connectivity index (χ1v) is 7.40. The van der Waals surface area contributed by atoms with Crippen molar-refractivity contribution >= 4 is 11.9 Å². The largest absolute Gasteiger partial charge is 0.497 e. The Morgan fingerprint density at radius 1 is 0.880 bits per heavy atom. The van der Waals surface area contributed by atoms with Crippen LogP contribution in [0.25, 0.3) is 6.08 Å². The van der Waals surface area contributed by atoms with Crippen LogP contribution in [0.4, 0.5) is 4.39 Å². The van der Waals surface area contributed by atoms with Crippen molar-refractivity contribution in [2.75, 3.05) is 28.4 Å². The van der Waals surface area contributed by atoms with E-state index in [-0.39, 0.29) is 5.56 Å². The van der Waals surface area contributed by atoms with Crippen LogP contribution in [0.5, 0.6) is 23.0 Å². The first-order chi connectivity index (χ1) is 12.0. The van der Waals surface area contributed by atoms with Gasteiger partial charge in [-0.3, -0.25) is 4.79 Å². The first-order valence-electron chi connectivity index (χ1n) is 7.40. The molecular formula is C19H19FO5. The van der Waals surface area contributed by atoms with Crippen LogP contribution in [0.2, 0.25) is 0 Å². The van der Waals surface area contributed by atoms with E-state index in [1.54, 1.807) is 12.1 Å². The zero-order chi connectivity index (χ0) is 18.4. The minimum atomic E-state index is -0.645. The number of hydrogen-bond donors (Lipinski definition) is 0. The van der Waals surface area contributed by atoms with E-state index in [0.717, 1.165) is 6.07 Å². The monoisotopic (exact) mass is 346 g/mol. The van der Waals surface area contributed by atoms with Gasteiger partial charge >= 0.3 is 0 Å². The molecule has 0 unspecified atom stereocenters. The Morgan fingerprint density at radius 3 is 2.08 bits per heavy atom. The van der Waals surface area contributed by atoms with E-state index in [2.05, 4.69) is 0 Å². The molecule has 0 amide bonds. The maximum absolute atomic E-state index is 14.0. The van der Waals surface area contributed by atoms with Gasteiger partial charge in [0.25, 0.3) is 0 Å². The predicted octanol–water partition coefficient (Wildman–Crippen LogP) is 3.76. The zero-order valence-corrected chi connectivity index (χ0v) is 14.5. The summed E-state index contributed by atoms with van der Waals surface area (Å²) in [6, 6.07) is 7.40. The highest BCUT2D eigenvalue weighted by Crippen LogP contribution is 2.35. The summed E-state index contributed by atoms with van der Waals surface area (Å²) in [5.74, 6) is 0.719. The second-order valence-electron chi connectivity index (χ2n) is 4.99. The van der Waals surface area contributed by atoms with Crippen LogP contribution < -0.4 is 18.9 Å². The number of benzene rings is 2. The number of methoxy groups -OCH3 is 4. The number of allylic oxidation sites excluding steroid dienone is 1. The fraction of sp³-hybridized carbons (Fsp3) is 0.211. The molecule has 0 spiro atoms. The molecular weight excluding hydrogens is 327 g/mol. The van der Waals surface area contributed by atoms with Crippen molar-refractivity contribution in [2.45, 2.75) is 0 Å². The third-order valence-electron chi connectivity index (χ3n) is 3.59. The standard InChI is InChI=1S/C19H19FO5/c1-22-13-6-7-14(15(20)10-13)16(21)8-5-12-9-18(24-3)19(25-4)11-17(12)23-2/h5-11H,1-4H3/b8-5+. The van der Waals surface area contributed by atoms with Gasteiger partial charge in [-0.05, 0) is 30.4 Å². The number of ketones is 1. The minimum Gasteiger partial charge on any atom is -0.497 e. The van der Waals surface area contributed by atoms with E-state index < -0.39 is 11.6 Å². The van der Waals surface area contributed by atoms with Gasteiger partial charge in [0.15, 0.2) is 17.3 Å². The van der Waals surface area contributed by atoms with Crippen molar-refractivity contribution in [2.24, 2.45) is 0 Å². The third-order valence-corrected chi connectivity index (χ3v) is 3.59. The highest BCUT2D eigenvalue weighted by Gasteiger charge is 2.12. The highest BCUT2D eigenvalue weighted by atomic mass is 19.1. The average Bonchev–Trinajstić information content (AvgIpc) is 2.64. The molecule has 2 aromatic carbocycles. The summed E-state index contributed by atoms with van der Waals surface area (Å²) in [5, 5.41) is 0. The maximum Gasteiger partial charge on any atom is 0.188 e. The summed E-state index contributed by atoms with van der Waals surface area (Å²) in [4.78, 5) is 12.3. The van der Waals surface area contributed by atoms with E-state index in [4.69, 9.17) is 18.9 Å². The molecule has 0 aliphatic carbocycles. The molecule has 0 atom stereocenters. The molecule has 0 radical (unpaired) electrons.